The molecule has 104 valence electrons. The van der Waals surface area contributed by atoms with Crippen LogP contribution in [-0.2, 0) is 10.2 Å². The Labute approximate surface area is 113 Å². The third-order valence-electron chi connectivity index (χ3n) is 3.62. The summed E-state index contributed by atoms with van der Waals surface area (Å²) in [5, 5.41) is 9.91. The van der Waals surface area contributed by atoms with Gasteiger partial charge in [-0.25, -0.2) is 0 Å². The van der Waals surface area contributed by atoms with Crippen LogP contribution in [0.2, 0.25) is 0 Å². The monoisotopic (exact) mass is 279 g/mol. The van der Waals surface area contributed by atoms with Crippen molar-refractivity contribution in [3.63, 3.8) is 0 Å². The molecule has 0 amide bonds. The van der Waals surface area contributed by atoms with Gasteiger partial charge in [-0.15, -0.1) is 0 Å². The maximum Gasteiger partial charge on any atom is 0.387 e. The van der Waals surface area contributed by atoms with Crippen molar-refractivity contribution >= 4 is 16.9 Å². The Balaban J connectivity index is 2.19. The number of carboxylic acids is 1. The van der Waals surface area contributed by atoms with Crippen molar-refractivity contribution in [3.8, 4) is 5.75 Å². The zero-order chi connectivity index (χ0) is 14.3. The van der Waals surface area contributed by atoms with E-state index in [1.807, 2.05) is 0 Å². The van der Waals surface area contributed by atoms with Gasteiger partial charge in [0.2, 0.25) is 0 Å². The van der Waals surface area contributed by atoms with E-state index in [0.29, 0.717) is 23.8 Å². The zero-order valence-corrected chi connectivity index (χ0v) is 10.3. The van der Waals surface area contributed by atoms with E-state index in [2.05, 4.69) is 9.72 Å². The minimum Gasteiger partial charge on any atom is -0.481 e. The van der Waals surface area contributed by atoms with E-state index in [0.717, 1.165) is 0 Å². The molecule has 0 bridgehead atoms. The highest BCUT2D eigenvalue weighted by atomic mass is 19.3. The number of alkyl halides is 2. The van der Waals surface area contributed by atoms with E-state index in [-0.39, 0.29) is 11.3 Å². The number of pyridine rings is 1. The summed E-state index contributed by atoms with van der Waals surface area (Å²) in [5.74, 6) is -0.939. The summed E-state index contributed by atoms with van der Waals surface area (Å²) in [7, 11) is 0. The number of aromatic nitrogens is 1. The van der Waals surface area contributed by atoms with E-state index < -0.39 is 18.0 Å². The Morgan fingerprint density at radius 2 is 2.10 bits per heavy atom. The largest absolute Gasteiger partial charge is 0.481 e. The maximum atomic E-state index is 12.4. The highest BCUT2D eigenvalue weighted by molar-refractivity contribution is 5.95. The predicted molar refractivity (Wildman–Crippen MR) is 66.9 cm³/mol. The van der Waals surface area contributed by atoms with Gasteiger partial charge in [0.1, 0.15) is 5.52 Å². The summed E-state index contributed by atoms with van der Waals surface area (Å²) in [6.07, 6.45) is 2.55. The number of hydrogen-bond acceptors (Lipinski definition) is 3. The first kappa shape index (κ1) is 12.8. The van der Waals surface area contributed by atoms with Gasteiger partial charge in [-0.2, -0.15) is 8.78 Å². The molecule has 1 saturated carbocycles. The highest BCUT2D eigenvalue weighted by Crippen LogP contribution is 2.51. The molecule has 1 N–H and O–H groups in total. The Morgan fingerprint density at radius 3 is 2.70 bits per heavy atom. The summed E-state index contributed by atoms with van der Waals surface area (Å²) >= 11 is 0. The van der Waals surface area contributed by atoms with Crippen molar-refractivity contribution in [1.29, 1.82) is 0 Å². The fourth-order valence-electron chi connectivity index (χ4n) is 2.48. The SMILES string of the molecule is O=C(O)C1(c2ccc(OC(F)F)c3ncccc23)CC1. The van der Waals surface area contributed by atoms with Crippen molar-refractivity contribution in [3.05, 3.63) is 36.0 Å². The lowest BCUT2D eigenvalue weighted by atomic mass is 9.92. The molecular weight excluding hydrogens is 268 g/mol. The highest BCUT2D eigenvalue weighted by Gasteiger charge is 2.52. The number of ether oxygens (including phenoxy) is 1. The van der Waals surface area contributed by atoms with E-state index in [4.69, 9.17) is 0 Å². The van der Waals surface area contributed by atoms with E-state index in [1.165, 1.54) is 12.3 Å². The number of fused-ring (bicyclic) bond motifs is 1. The molecule has 4 nitrogen and oxygen atoms in total. The quantitative estimate of drug-likeness (QED) is 0.934. The van der Waals surface area contributed by atoms with Crippen molar-refractivity contribution in [2.75, 3.05) is 0 Å². The molecule has 1 aliphatic rings. The number of halogens is 2. The molecule has 0 saturated heterocycles. The van der Waals surface area contributed by atoms with Crippen molar-refractivity contribution in [2.24, 2.45) is 0 Å². The van der Waals surface area contributed by atoms with Crippen LogP contribution in [0.5, 0.6) is 5.75 Å². The zero-order valence-electron chi connectivity index (χ0n) is 10.3. The van der Waals surface area contributed by atoms with Gasteiger partial charge in [-0.1, -0.05) is 12.1 Å². The molecular formula is C14H11F2NO3. The number of carboxylic acid groups (broad SMARTS) is 1. The van der Waals surface area contributed by atoms with Crippen LogP contribution in [0.15, 0.2) is 30.5 Å². The molecule has 0 radical (unpaired) electrons. The van der Waals surface area contributed by atoms with Gasteiger partial charge in [-0.05, 0) is 30.5 Å². The smallest absolute Gasteiger partial charge is 0.387 e. The molecule has 1 aromatic carbocycles. The third kappa shape index (κ3) is 1.88. The number of carbonyl (C=O) groups is 1. The first-order valence-electron chi connectivity index (χ1n) is 6.11. The average molecular weight is 279 g/mol. The molecule has 0 unspecified atom stereocenters. The summed E-state index contributed by atoms with van der Waals surface area (Å²) < 4.78 is 29.2. The minimum absolute atomic E-state index is 0.0412. The van der Waals surface area contributed by atoms with Crippen LogP contribution < -0.4 is 4.74 Å². The fraction of sp³-hybridized carbons (Fsp3) is 0.286. The van der Waals surface area contributed by atoms with Crippen LogP contribution in [0.25, 0.3) is 10.9 Å². The third-order valence-corrected chi connectivity index (χ3v) is 3.62. The lowest BCUT2D eigenvalue weighted by Gasteiger charge is -2.15. The van der Waals surface area contributed by atoms with Crippen LogP contribution in [-0.4, -0.2) is 22.7 Å². The number of benzene rings is 1. The van der Waals surface area contributed by atoms with Gasteiger partial charge < -0.3 is 9.84 Å². The second kappa shape index (κ2) is 4.40. The summed E-state index contributed by atoms with van der Waals surface area (Å²) in [5.41, 5.74) is -0.0440. The average Bonchev–Trinajstić information content (AvgIpc) is 3.20. The van der Waals surface area contributed by atoms with Gasteiger partial charge in [0.15, 0.2) is 5.75 Å². The van der Waals surface area contributed by atoms with Gasteiger partial charge in [-0.3, -0.25) is 9.78 Å². The maximum absolute atomic E-state index is 12.4. The minimum atomic E-state index is -2.94. The Morgan fingerprint density at radius 1 is 1.35 bits per heavy atom. The number of nitrogens with zero attached hydrogens (tertiary/aromatic N) is 1. The van der Waals surface area contributed by atoms with Gasteiger partial charge in [0, 0.05) is 11.6 Å². The second-order valence-corrected chi connectivity index (χ2v) is 4.78. The Bertz CT molecular complexity index is 683. The molecule has 1 heterocycles. The number of aliphatic carboxylic acids is 1. The van der Waals surface area contributed by atoms with Crippen molar-refractivity contribution < 1.29 is 23.4 Å². The van der Waals surface area contributed by atoms with Crippen LogP contribution >= 0.6 is 0 Å². The van der Waals surface area contributed by atoms with Gasteiger partial charge in [0.05, 0.1) is 5.41 Å². The summed E-state index contributed by atoms with van der Waals surface area (Å²) in [6, 6.07) is 6.23. The topological polar surface area (TPSA) is 59.4 Å². The lowest BCUT2D eigenvalue weighted by Crippen LogP contribution is -2.20. The molecule has 0 spiro atoms. The molecule has 1 aliphatic carbocycles. The molecule has 3 rings (SSSR count). The molecule has 1 fully saturated rings. The predicted octanol–water partition coefficient (Wildman–Crippen LogP) is 2.95. The molecule has 0 aliphatic heterocycles. The molecule has 2 aromatic rings. The lowest BCUT2D eigenvalue weighted by molar-refractivity contribution is -0.140. The van der Waals surface area contributed by atoms with Crippen molar-refractivity contribution in [1.82, 2.24) is 4.98 Å². The second-order valence-electron chi connectivity index (χ2n) is 4.78. The molecule has 6 heteroatoms. The molecule has 1 aromatic heterocycles. The first-order chi connectivity index (χ1) is 9.54. The summed E-state index contributed by atoms with van der Waals surface area (Å²) in [6.45, 7) is -2.94. The van der Waals surface area contributed by atoms with Crippen LogP contribution in [0.1, 0.15) is 18.4 Å². The van der Waals surface area contributed by atoms with E-state index >= 15 is 0 Å². The summed E-state index contributed by atoms with van der Waals surface area (Å²) in [4.78, 5) is 15.5. The standard InChI is InChI=1S/C14H11F2NO3/c15-13(16)20-10-4-3-9(14(5-6-14)12(18)19)8-2-1-7-17-11(8)10/h1-4,7,13H,5-6H2,(H,18,19). The first-order valence-corrected chi connectivity index (χ1v) is 6.11. The van der Waals surface area contributed by atoms with E-state index in [1.54, 1.807) is 18.2 Å². The fourth-order valence-corrected chi connectivity index (χ4v) is 2.48. The van der Waals surface area contributed by atoms with E-state index in [9.17, 15) is 18.7 Å². The van der Waals surface area contributed by atoms with Crippen LogP contribution in [0, 0.1) is 0 Å². The van der Waals surface area contributed by atoms with Gasteiger partial charge in [0.25, 0.3) is 0 Å². The number of rotatable bonds is 4. The van der Waals surface area contributed by atoms with Crippen LogP contribution in [0.3, 0.4) is 0 Å². The molecule has 20 heavy (non-hydrogen) atoms. The normalized spacial score (nSPS) is 16.4. The van der Waals surface area contributed by atoms with Gasteiger partial charge >= 0.3 is 12.6 Å². The molecule has 0 atom stereocenters. The number of hydrogen-bond donors (Lipinski definition) is 1. The van der Waals surface area contributed by atoms with Crippen molar-refractivity contribution in [2.45, 2.75) is 24.9 Å². The van der Waals surface area contributed by atoms with Crippen LogP contribution in [0.4, 0.5) is 8.78 Å². The Hall–Kier alpha value is -2.24. The Kier molecular flexibility index (Phi) is 2.81.